The van der Waals surface area contributed by atoms with Gasteiger partial charge in [-0.2, -0.15) is 0 Å². The quantitative estimate of drug-likeness (QED) is 0.152. The smallest absolute Gasteiger partial charge is 0.260 e. The van der Waals surface area contributed by atoms with Gasteiger partial charge in [-0.3, -0.25) is 0 Å². The van der Waals surface area contributed by atoms with Gasteiger partial charge in [0.05, 0.1) is 0 Å². The van der Waals surface area contributed by atoms with Crippen LogP contribution in [0.15, 0.2) is 152 Å². The third-order valence-corrected chi connectivity index (χ3v) is 9.57. The Balaban J connectivity index is 1.26. The Labute approximate surface area is 261 Å². The van der Waals surface area contributed by atoms with Crippen molar-refractivity contribution < 1.29 is 9.47 Å². The third kappa shape index (κ3) is 3.52. The normalized spacial score (nSPS) is 12.8. The first-order chi connectivity index (χ1) is 22.3. The fourth-order valence-electron chi connectivity index (χ4n) is 7.67. The molecule has 0 saturated carbocycles. The SMILES string of the molecule is c1ccc(-c2c3ccccc3c(-c3ccc4c(c3)B3c5ccc6ccccc6c5Oc5cccc(c53)O4)c3ccccc23)cc1. The molecular weight excluding hydrogens is 547 g/mol. The highest BCUT2D eigenvalue weighted by Gasteiger charge is 2.40. The van der Waals surface area contributed by atoms with Crippen LogP contribution in [0.4, 0.5) is 0 Å². The van der Waals surface area contributed by atoms with Crippen molar-refractivity contribution in [2.24, 2.45) is 0 Å². The monoisotopic (exact) mass is 572 g/mol. The third-order valence-electron chi connectivity index (χ3n) is 9.57. The highest BCUT2D eigenvalue weighted by atomic mass is 16.5. The summed E-state index contributed by atoms with van der Waals surface area (Å²) >= 11 is 0. The van der Waals surface area contributed by atoms with E-state index < -0.39 is 0 Å². The number of rotatable bonds is 2. The van der Waals surface area contributed by atoms with Gasteiger partial charge in [0.15, 0.2) is 0 Å². The summed E-state index contributed by atoms with van der Waals surface area (Å²) in [6.45, 7) is -0.00521. The van der Waals surface area contributed by atoms with Gasteiger partial charge in [-0.15, -0.1) is 0 Å². The summed E-state index contributed by atoms with van der Waals surface area (Å²) in [5, 5.41) is 7.29. The first-order valence-electron chi connectivity index (χ1n) is 15.5. The van der Waals surface area contributed by atoms with Crippen LogP contribution in [0.3, 0.4) is 0 Å². The molecule has 2 aliphatic heterocycles. The number of benzene rings is 8. The van der Waals surface area contributed by atoms with E-state index >= 15 is 0 Å². The standard InChI is InChI=1S/C42H25BO2/c1-2-12-27(13-3-1)39-30-15-6-8-17-32(30)40(33-18-9-7-16-31(33)39)28-22-24-36-35(25-28)43-34-23-21-26-11-4-5-14-29(26)42(34)45-38-20-10-19-37(44-36)41(38)43/h1-25H. The number of hydrogen-bond donors (Lipinski definition) is 0. The van der Waals surface area contributed by atoms with Gasteiger partial charge in [-0.25, -0.2) is 0 Å². The molecule has 0 aromatic heterocycles. The summed E-state index contributed by atoms with van der Waals surface area (Å²) in [6.07, 6.45) is 0. The molecule has 0 atom stereocenters. The van der Waals surface area contributed by atoms with Gasteiger partial charge in [-0.05, 0) is 78.3 Å². The van der Waals surface area contributed by atoms with E-state index in [1.165, 1.54) is 54.6 Å². The minimum absolute atomic E-state index is 0.00521. The molecule has 8 aromatic carbocycles. The van der Waals surface area contributed by atoms with Crippen LogP contribution in [0.5, 0.6) is 23.0 Å². The van der Waals surface area contributed by atoms with Crippen LogP contribution in [-0.2, 0) is 0 Å². The van der Waals surface area contributed by atoms with Crippen molar-refractivity contribution in [2.75, 3.05) is 0 Å². The molecule has 0 saturated heterocycles. The van der Waals surface area contributed by atoms with E-state index in [0.717, 1.165) is 39.3 Å². The number of ether oxygens (including phenoxy) is 2. The van der Waals surface area contributed by atoms with Gasteiger partial charge in [0, 0.05) is 10.8 Å². The van der Waals surface area contributed by atoms with Crippen molar-refractivity contribution in [3.63, 3.8) is 0 Å². The molecule has 0 radical (unpaired) electrons. The van der Waals surface area contributed by atoms with Crippen molar-refractivity contribution in [1.29, 1.82) is 0 Å². The molecule has 0 spiro atoms. The van der Waals surface area contributed by atoms with Gasteiger partial charge in [0.2, 0.25) is 0 Å². The average molecular weight is 572 g/mol. The van der Waals surface area contributed by atoms with Gasteiger partial charge < -0.3 is 9.47 Å². The zero-order chi connectivity index (χ0) is 29.5. The lowest BCUT2D eigenvalue weighted by Gasteiger charge is -2.33. The van der Waals surface area contributed by atoms with E-state index in [1.807, 2.05) is 6.07 Å². The molecule has 45 heavy (non-hydrogen) atoms. The maximum absolute atomic E-state index is 6.66. The molecule has 0 amide bonds. The zero-order valence-electron chi connectivity index (χ0n) is 24.3. The summed E-state index contributed by atoms with van der Waals surface area (Å²) in [7, 11) is 0. The maximum atomic E-state index is 6.66. The van der Waals surface area contributed by atoms with Gasteiger partial charge in [-0.1, -0.05) is 133 Å². The zero-order valence-corrected chi connectivity index (χ0v) is 24.3. The highest BCUT2D eigenvalue weighted by molar-refractivity contribution is 6.98. The summed E-state index contributed by atoms with van der Waals surface area (Å²) in [4.78, 5) is 0. The van der Waals surface area contributed by atoms with Gasteiger partial charge in [0.1, 0.15) is 23.0 Å². The lowest BCUT2D eigenvalue weighted by atomic mass is 9.34. The molecule has 0 fully saturated rings. The Kier molecular flexibility index (Phi) is 5.12. The Morgan fingerprint density at radius 3 is 1.69 bits per heavy atom. The Hall–Kier alpha value is -5.80. The molecule has 2 aliphatic rings. The van der Waals surface area contributed by atoms with E-state index in [1.54, 1.807) is 0 Å². The van der Waals surface area contributed by atoms with Crippen LogP contribution in [0.2, 0.25) is 0 Å². The van der Waals surface area contributed by atoms with E-state index in [9.17, 15) is 0 Å². The average Bonchev–Trinajstić information content (AvgIpc) is 3.10. The van der Waals surface area contributed by atoms with E-state index in [0.29, 0.717) is 0 Å². The topological polar surface area (TPSA) is 18.5 Å². The molecule has 2 heterocycles. The molecule has 0 bridgehead atoms. The van der Waals surface area contributed by atoms with Crippen LogP contribution in [0.25, 0.3) is 54.6 Å². The summed E-state index contributed by atoms with van der Waals surface area (Å²) in [5.74, 6) is 3.55. The van der Waals surface area contributed by atoms with Crippen molar-refractivity contribution >= 4 is 55.4 Å². The second-order valence-corrected chi connectivity index (χ2v) is 12.0. The lowest BCUT2D eigenvalue weighted by Crippen LogP contribution is -2.57. The van der Waals surface area contributed by atoms with Crippen LogP contribution >= 0.6 is 0 Å². The molecule has 208 valence electrons. The van der Waals surface area contributed by atoms with Crippen molar-refractivity contribution in [3.05, 3.63) is 152 Å². The summed E-state index contributed by atoms with van der Waals surface area (Å²) in [5.41, 5.74) is 8.35. The van der Waals surface area contributed by atoms with Crippen LogP contribution < -0.4 is 25.9 Å². The first-order valence-corrected chi connectivity index (χ1v) is 15.5. The van der Waals surface area contributed by atoms with E-state index in [2.05, 4.69) is 146 Å². The molecule has 0 aliphatic carbocycles. The molecular formula is C42H25BO2. The minimum Gasteiger partial charge on any atom is -0.458 e. The van der Waals surface area contributed by atoms with Crippen molar-refractivity contribution in [1.82, 2.24) is 0 Å². The maximum Gasteiger partial charge on any atom is 0.260 e. The largest absolute Gasteiger partial charge is 0.458 e. The fraction of sp³-hybridized carbons (Fsp3) is 0. The van der Waals surface area contributed by atoms with E-state index in [-0.39, 0.29) is 6.71 Å². The lowest BCUT2D eigenvalue weighted by molar-refractivity contribution is 0.467. The molecule has 0 unspecified atom stereocenters. The Bertz CT molecular complexity index is 2440. The summed E-state index contributed by atoms with van der Waals surface area (Å²) < 4.78 is 13.2. The molecule has 0 N–H and O–H groups in total. The second kappa shape index (κ2) is 9.35. The predicted molar refractivity (Wildman–Crippen MR) is 188 cm³/mol. The van der Waals surface area contributed by atoms with Crippen LogP contribution in [0, 0.1) is 0 Å². The van der Waals surface area contributed by atoms with Crippen LogP contribution in [-0.4, -0.2) is 6.71 Å². The van der Waals surface area contributed by atoms with Crippen molar-refractivity contribution in [3.8, 4) is 45.3 Å². The summed E-state index contributed by atoms with van der Waals surface area (Å²) in [6, 6.07) is 54.2. The van der Waals surface area contributed by atoms with Crippen molar-refractivity contribution in [2.45, 2.75) is 0 Å². The fourth-order valence-corrected chi connectivity index (χ4v) is 7.67. The second-order valence-electron chi connectivity index (χ2n) is 12.0. The number of hydrogen-bond acceptors (Lipinski definition) is 2. The minimum atomic E-state index is -0.00521. The van der Waals surface area contributed by atoms with E-state index in [4.69, 9.17) is 9.47 Å². The van der Waals surface area contributed by atoms with Crippen LogP contribution in [0.1, 0.15) is 0 Å². The highest BCUT2D eigenvalue weighted by Crippen LogP contribution is 2.44. The molecule has 3 heteroatoms. The molecule has 2 nitrogen and oxygen atoms in total. The van der Waals surface area contributed by atoms with Gasteiger partial charge >= 0.3 is 0 Å². The molecule has 8 aromatic rings. The first kappa shape index (κ1) is 24.6. The predicted octanol–water partition coefficient (Wildman–Crippen LogP) is 9.21. The Morgan fingerprint density at radius 2 is 0.978 bits per heavy atom. The molecule has 10 rings (SSSR count). The van der Waals surface area contributed by atoms with Gasteiger partial charge in [0.25, 0.3) is 6.71 Å². The Morgan fingerprint density at radius 1 is 0.378 bits per heavy atom. The number of fused-ring (bicyclic) bond motifs is 8.